The Hall–Kier alpha value is -2.22. The molecule has 0 aliphatic heterocycles. The molecule has 0 radical (unpaired) electrons. The average molecular weight is 406 g/mol. The quantitative estimate of drug-likeness (QED) is 0.652. The number of aromatic nitrogens is 2. The van der Waals surface area contributed by atoms with Gasteiger partial charge in [-0.15, -0.1) is 0 Å². The normalized spacial score (nSPS) is 13.2. The van der Waals surface area contributed by atoms with Gasteiger partial charge >= 0.3 is 0 Å². The lowest BCUT2D eigenvalue weighted by Crippen LogP contribution is -2.37. The molecule has 1 heterocycles. The molecule has 8 heteroatoms. The second kappa shape index (κ2) is 7.42. The Morgan fingerprint density at radius 3 is 2.41 bits per heavy atom. The van der Waals surface area contributed by atoms with Crippen molar-refractivity contribution in [3.63, 3.8) is 0 Å². The van der Waals surface area contributed by atoms with E-state index in [1.54, 1.807) is 45.2 Å². The van der Waals surface area contributed by atoms with Crippen LogP contribution in [0.1, 0.15) is 25.7 Å². The number of benzene rings is 2. The minimum Gasteiger partial charge on any atom is -0.298 e. The SMILES string of the molecule is CCN(C(C)c1nc2ccccc2c(=O)n1C)S(=O)(=O)c1ccc(Cl)cc1. The van der Waals surface area contributed by atoms with E-state index in [-0.39, 0.29) is 17.0 Å². The van der Waals surface area contributed by atoms with Crippen molar-refractivity contribution < 1.29 is 8.42 Å². The molecule has 1 unspecified atom stereocenters. The third-order valence-electron chi connectivity index (χ3n) is 4.56. The lowest BCUT2D eigenvalue weighted by atomic mass is 10.2. The zero-order valence-electron chi connectivity index (χ0n) is 15.3. The monoisotopic (exact) mass is 405 g/mol. The molecule has 0 amide bonds. The Kier molecular flexibility index (Phi) is 5.37. The van der Waals surface area contributed by atoms with Crippen molar-refractivity contribution in [1.29, 1.82) is 0 Å². The van der Waals surface area contributed by atoms with Crippen LogP contribution in [0.4, 0.5) is 0 Å². The number of nitrogens with zero attached hydrogens (tertiary/aromatic N) is 3. The lowest BCUT2D eigenvalue weighted by molar-refractivity contribution is 0.337. The molecule has 1 aromatic heterocycles. The third-order valence-corrected chi connectivity index (χ3v) is 6.87. The van der Waals surface area contributed by atoms with E-state index in [2.05, 4.69) is 4.98 Å². The summed E-state index contributed by atoms with van der Waals surface area (Å²) in [6.45, 7) is 3.71. The van der Waals surface area contributed by atoms with Crippen LogP contribution in [0.3, 0.4) is 0 Å². The van der Waals surface area contributed by atoms with Crippen molar-refractivity contribution in [1.82, 2.24) is 13.9 Å². The van der Waals surface area contributed by atoms with Gasteiger partial charge in [-0.3, -0.25) is 9.36 Å². The Labute approximate surface area is 163 Å². The summed E-state index contributed by atoms with van der Waals surface area (Å²) >= 11 is 5.87. The molecule has 1 atom stereocenters. The van der Waals surface area contributed by atoms with E-state index >= 15 is 0 Å². The van der Waals surface area contributed by atoms with Gasteiger partial charge in [0.2, 0.25) is 10.0 Å². The van der Waals surface area contributed by atoms with Gasteiger partial charge in [-0.2, -0.15) is 4.31 Å². The molecule has 3 rings (SSSR count). The molecule has 0 saturated carbocycles. The number of sulfonamides is 1. The molecule has 3 aromatic rings. The van der Waals surface area contributed by atoms with E-state index < -0.39 is 16.1 Å². The van der Waals surface area contributed by atoms with Crippen LogP contribution in [0.15, 0.2) is 58.2 Å². The van der Waals surface area contributed by atoms with E-state index in [0.29, 0.717) is 21.7 Å². The first kappa shape index (κ1) is 19.5. The van der Waals surface area contributed by atoms with Crippen molar-refractivity contribution >= 4 is 32.5 Å². The highest BCUT2D eigenvalue weighted by Crippen LogP contribution is 2.27. The van der Waals surface area contributed by atoms with Crippen molar-refractivity contribution in [2.75, 3.05) is 6.54 Å². The summed E-state index contributed by atoms with van der Waals surface area (Å²) in [5.74, 6) is 0.387. The molecule has 0 fully saturated rings. The predicted molar refractivity (Wildman–Crippen MR) is 106 cm³/mol. The maximum absolute atomic E-state index is 13.1. The second-order valence-corrected chi connectivity index (χ2v) is 8.52. The van der Waals surface area contributed by atoms with Gasteiger partial charge in [0.05, 0.1) is 21.8 Å². The number of para-hydroxylation sites is 1. The van der Waals surface area contributed by atoms with E-state index in [9.17, 15) is 13.2 Å². The van der Waals surface area contributed by atoms with Gasteiger partial charge in [-0.1, -0.05) is 30.7 Å². The van der Waals surface area contributed by atoms with Crippen molar-refractivity contribution in [3.05, 3.63) is 69.7 Å². The van der Waals surface area contributed by atoms with Gasteiger partial charge in [-0.05, 0) is 43.3 Å². The van der Waals surface area contributed by atoms with Gasteiger partial charge in [-0.25, -0.2) is 13.4 Å². The minimum atomic E-state index is -3.78. The van der Waals surface area contributed by atoms with Crippen LogP contribution in [-0.2, 0) is 17.1 Å². The van der Waals surface area contributed by atoms with Crippen LogP contribution in [0.5, 0.6) is 0 Å². The number of halogens is 1. The molecule has 27 heavy (non-hydrogen) atoms. The highest BCUT2D eigenvalue weighted by Gasteiger charge is 2.31. The molecule has 0 bridgehead atoms. The molecule has 0 saturated heterocycles. The smallest absolute Gasteiger partial charge is 0.261 e. The summed E-state index contributed by atoms with van der Waals surface area (Å²) in [5.41, 5.74) is 0.338. The summed E-state index contributed by atoms with van der Waals surface area (Å²) in [4.78, 5) is 17.4. The Morgan fingerprint density at radius 2 is 1.78 bits per heavy atom. The summed E-state index contributed by atoms with van der Waals surface area (Å²) in [6, 6.07) is 12.4. The van der Waals surface area contributed by atoms with Crippen LogP contribution < -0.4 is 5.56 Å². The van der Waals surface area contributed by atoms with Gasteiger partial charge in [0.25, 0.3) is 5.56 Å². The second-order valence-electron chi connectivity index (χ2n) is 6.19. The summed E-state index contributed by atoms with van der Waals surface area (Å²) in [5, 5.41) is 0.961. The minimum absolute atomic E-state index is 0.145. The topological polar surface area (TPSA) is 72.3 Å². The van der Waals surface area contributed by atoms with E-state index in [1.807, 2.05) is 0 Å². The highest BCUT2D eigenvalue weighted by atomic mass is 35.5. The zero-order valence-corrected chi connectivity index (χ0v) is 16.8. The first-order chi connectivity index (χ1) is 12.8. The fourth-order valence-corrected chi connectivity index (χ4v) is 4.86. The average Bonchev–Trinajstić information content (AvgIpc) is 2.65. The molecule has 142 valence electrons. The van der Waals surface area contributed by atoms with Crippen molar-refractivity contribution in [2.45, 2.75) is 24.8 Å². The van der Waals surface area contributed by atoms with Gasteiger partial charge in [0, 0.05) is 18.6 Å². The van der Waals surface area contributed by atoms with E-state index in [1.165, 1.54) is 33.1 Å². The van der Waals surface area contributed by atoms with Crippen LogP contribution in [0.2, 0.25) is 5.02 Å². The Morgan fingerprint density at radius 1 is 1.15 bits per heavy atom. The fraction of sp³-hybridized carbons (Fsp3) is 0.263. The predicted octanol–water partition coefficient (Wildman–Crippen LogP) is 3.36. The van der Waals surface area contributed by atoms with Crippen molar-refractivity contribution in [2.24, 2.45) is 7.05 Å². The van der Waals surface area contributed by atoms with Crippen LogP contribution in [0.25, 0.3) is 10.9 Å². The molecule has 0 spiro atoms. The van der Waals surface area contributed by atoms with E-state index in [0.717, 1.165) is 0 Å². The summed E-state index contributed by atoms with van der Waals surface area (Å²) in [7, 11) is -2.17. The highest BCUT2D eigenvalue weighted by molar-refractivity contribution is 7.89. The Bertz CT molecular complexity index is 1140. The molecular weight excluding hydrogens is 386 g/mol. The first-order valence-corrected chi connectivity index (χ1v) is 10.3. The molecule has 6 nitrogen and oxygen atoms in total. The standard InChI is InChI=1S/C19H20ClN3O3S/c1-4-23(27(25,26)15-11-9-14(20)10-12-15)13(2)18-21-17-8-6-5-7-16(17)19(24)22(18)3/h5-13H,4H2,1-3H3. The maximum atomic E-state index is 13.1. The van der Waals surface area contributed by atoms with Gasteiger partial charge in [0.15, 0.2) is 0 Å². The maximum Gasteiger partial charge on any atom is 0.261 e. The summed E-state index contributed by atoms with van der Waals surface area (Å²) in [6.07, 6.45) is 0. The van der Waals surface area contributed by atoms with Crippen LogP contribution in [-0.4, -0.2) is 28.8 Å². The zero-order chi connectivity index (χ0) is 19.8. The molecule has 0 N–H and O–H groups in total. The van der Waals surface area contributed by atoms with Gasteiger partial charge in [0.1, 0.15) is 5.82 Å². The lowest BCUT2D eigenvalue weighted by Gasteiger charge is -2.28. The van der Waals surface area contributed by atoms with Gasteiger partial charge < -0.3 is 0 Å². The Balaban J connectivity index is 2.11. The van der Waals surface area contributed by atoms with Crippen LogP contribution >= 0.6 is 11.6 Å². The fourth-order valence-electron chi connectivity index (χ4n) is 3.13. The molecule has 0 aliphatic rings. The largest absolute Gasteiger partial charge is 0.298 e. The van der Waals surface area contributed by atoms with E-state index in [4.69, 9.17) is 11.6 Å². The van der Waals surface area contributed by atoms with Crippen molar-refractivity contribution in [3.8, 4) is 0 Å². The first-order valence-electron chi connectivity index (χ1n) is 8.50. The molecule has 0 aliphatic carbocycles. The summed E-state index contributed by atoms with van der Waals surface area (Å²) < 4.78 is 29.0. The number of hydrogen-bond donors (Lipinski definition) is 0. The molecular formula is C19H20ClN3O3S. The number of rotatable bonds is 5. The third kappa shape index (κ3) is 3.50. The number of fused-ring (bicyclic) bond motifs is 1. The molecule has 2 aromatic carbocycles. The number of hydrogen-bond acceptors (Lipinski definition) is 4. The van der Waals surface area contributed by atoms with Crippen LogP contribution in [0, 0.1) is 0 Å².